The molecule has 0 unspecified atom stereocenters. The van der Waals surface area contributed by atoms with Crippen LogP contribution in [0.3, 0.4) is 0 Å². The summed E-state index contributed by atoms with van der Waals surface area (Å²) in [5.74, 6) is -0.112. The van der Waals surface area contributed by atoms with Gasteiger partial charge in [0.2, 0.25) is 0 Å². The SMILES string of the molecule is CN(Cc1ccc(C#N)cc1)C(=O)c1cccc(N)c1Br. The minimum atomic E-state index is -0.112. The van der Waals surface area contributed by atoms with E-state index in [1.54, 1.807) is 42.3 Å². The van der Waals surface area contributed by atoms with Crippen LogP contribution in [0.1, 0.15) is 21.5 Å². The van der Waals surface area contributed by atoms with E-state index in [1.165, 1.54) is 0 Å². The summed E-state index contributed by atoms with van der Waals surface area (Å²) >= 11 is 3.34. The van der Waals surface area contributed by atoms with Crippen LogP contribution >= 0.6 is 15.9 Å². The van der Waals surface area contributed by atoms with Crippen LogP contribution in [-0.2, 0) is 6.54 Å². The van der Waals surface area contributed by atoms with Crippen LogP contribution in [0.4, 0.5) is 5.69 Å². The summed E-state index contributed by atoms with van der Waals surface area (Å²) in [5.41, 5.74) is 8.43. The van der Waals surface area contributed by atoms with E-state index in [9.17, 15) is 4.79 Å². The van der Waals surface area contributed by atoms with Crippen LogP contribution in [0.25, 0.3) is 0 Å². The van der Waals surface area contributed by atoms with Crippen LogP contribution in [-0.4, -0.2) is 17.9 Å². The molecule has 2 aromatic carbocycles. The molecule has 0 saturated carbocycles. The Hall–Kier alpha value is -2.32. The number of carbonyl (C=O) groups is 1. The second kappa shape index (κ2) is 6.42. The van der Waals surface area contributed by atoms with Crippen molar-refractivity contribution in [2.24, 2.45) is 0 Å². The first-order valence-corrected chi connectivity index (χ1v) is 7.10. The van der Waals surface area contributed by atoms with Gasteiger partial charge in [-0.15, -0.1) is 0 Å². The number of hydrogen-bond donors (Lipinski definition) is 1. The maximum atomic E-state index is 12.4. The van der Waals surface area contributed by atoms with Crippen molar-refractivity contribution in [1.82, 2.24) is 4.90 Å². The minimum absolute atomic E-state index is 0.112. The molecule has 0 aliphatic rings. The van der Waals surface area contributed by atoms with E-state index in [0.717, 1.165) is 5.56 Å². The predicted octanol–water partition coefficient (Wildman–Crippen LogP) is 3.18. The average molecular weight is 344 g/mol. The lowest BCUT2D eigenvalue weighted by Gasteiger charge is -2.18. The maximum Gasteiger partial charge on any atom is 0.255 e. The molecule has 0 heterocycles. The van der Waals surface area contributed by atoms with Gasteiger partial charge in [0.1, 0.15) is 0 Å². The van der Waals surface area contributed by atoms with E-state index >= 15 is 0 Å². The van der Waals surface area contributed by atoms with Gasteiger partial charge in [-0.25, -0.2) is 0 Å². The van der Waals surface area contributed by atoms with Crippen LogP contribution in [0.2, 0.25) is 0 Å². The molecule has 1 amide bonds. The van der Waals surface area contributed by atoms with E-state index in [2.05, 4.69) is 22.0 Å². The summed E-state index contributed by atoms with van der Waals surface area (Å²) in [6, 6.07) is 14.5. The van der Waals surface area contributed by atoms with Crippen molar-refractivity contribution in [3.63, 3.8) is 0 Å². The van der Waals surface area contributed by atoms with Gasteiger partial charge in [-0.2, -0.15) is 5.26 Å². The molecule has 5 heteroatoms. The molecular weight excluding hydrogens is 330 g/mol. The molecule has 0 spiro atoms. The lowest BCUT2D eigenvalue weighted by molar-refractivity contribution is 0.0784. The van der Waals surface area contributed by atoms with Gasteiger partial charge in [-0.1, -0.05) is 18.2 Å². The number of nitrogens with two attached hydrogens (primary N) is 1. The van der Waals surface area contributed by atoms with Gasteiger partial charge >= 0.3 is 0 Å². The van der Waals surface area contributed by atoms with Crippen molar-refractivity contribution in [2.75, 3.05) is 12.8 Å². The number of halogens is 1. The zero-order valence-corrected chi connectivity index (χ0v) is 13.1. The molecule has 0 fully saturated rings. The highest BCUT2D eigenvalue weighted by Crippen LogP contribution is 2.25. The number of rotatable bonds is 3. The zero-order chi connectivity index (χ0) is 15.4. The zero-order valence-electron chi connectivity index (χ0n) is 11.5. The Morgan fingerprint density at radius 3 is 2.57 bits per heavy atom. The smallest absolute Gasteiger partial charge is 0.255 e. The van der Waals surface area contributed by atoms with Gasteiger partial charge in [0, 0.05) is 19.3 Å². The number of nitrogen functional groups attached to an aromatic ring is 1. The first-order valence-electron chi connectivity index (χ1n) is 6.31. The molecule has 0 atom stereocenters. The number of hydrogen-bond acceptors (Lipinski definition) is 3. The summed E-state index contributed by atoms with van der Waals surface area (Å²) in [6.45, 7) is 0.464. The van der Waals surface area contributed by atoms with E-state index in [1.807, 2.05) is 12.1 Å². The molecule has 2 rings (SSSR count). The molecule has 0 aliphatic carbocycles. The Morgan fingerprint density at radius 2 is 1.95 bits per heavy atom. The monoisotopic (exact) mass is 343 g/mol. The third kappa shape index (κ3) is 3.41. The fourth-order valence-corrected chi connectivity index (χ4v) is 2.38. The molecule has 2 aromatic rings. The van der Waals surface area contributed by atoms with Gasteiger partial charge in [-0.05, 0) is 45.8 Å². The van der Waals surface area contributed by atoms with Crippen molar-refractivity contribution in [1.29, 1.82) is 5.26 Å². The summed E-state index contributed by atoms with van der Waals surface area (Å²) < 4.78 is 0.613. The molecule has 0 saturated heterocycles. The van der Waals surface area contributed by atoms with Crippen molar-refractivity contribution >= 4 is 27.5 Å². The van der Waals surface area contributed by atoms with Crippen LogP contribution in [0, 0.1) is 11.3 Å². The van der Waals surface area contributed by atoms with Crippen LogP contribution in [0.5, 0.6) is 0 Å². The summed E-state index contributed by atoms with van der Waals surface area (Å²) in [4.78, 5) is 14.0. The van der Waals surface area contributed by atoms with Gasteiger partial charge in [0.25, 0.3) is 5.91 Å². The highest BCUT2D eigenvalue weighted by Gasteiger charge is 2.16. The largest absolute Gasteiger partial charge is 0.398 e. The van der Waals surface area contributed by atoms with E-state index in [4.69, 9.17) is 11.0 Å². The Kier molecular flexibility index (Phi) is 4.61. The second-order valence-electron chi connectivity index (χ2n) is 4.68. The van der Waals surface area contributed by atoms with E-state index < -0.39 is 0 Å². The molecule has 106 valence electrons. The number of amides is 1. The Labute approximate surface area is 131 Å². The van der Waals surface area contributed by atoms with Crippen molar-refractivity contribution in [3.05, 3.63) is 63.6 Å². The summed E-state index contributed by atoms with van der Waals surface area (Å²) in [7, 11) is 1.73. The Bertz CT molecular complexity index is 704. The number of benzene rings is 2. The topological polar surface area (TPSA) is 70.1 Å². The molecule has 21 heavy (non-hydrogen) atoms. The molecule has 0 aromatic heterocycles. The molecule has 0 bridgehead atoms. The first-order chi connectivity index (χ1) is 10.0. The quantitative estimate of drug-likeness (QED) is 0.870. The van der Waals surface area contributed by atoms with Gasteiger partial charge in [0.05, 0.1) is 21.7 Å². The highest BCUT2D eigenvalue weighted by molar-refractivity contribution is 9.10. The first kappa shape index (κ1) is 15.1. The van der Waals surface area contributed by atoms with Crippen LogP contribution in [0.15, 0.2) is 46.9 Å². The lowest BCUT2D eigenvalue weighted by atomic mass is 10.1. The third-order valence-electron chi connectivity index (χ3n) is 3.11. The minimum Gasteiger partial charge on any atom is -0.398 e. The Morgan fingerprint density at radius 1 is 1.29 bits per heavy atom. The average Bonchev–Trinajstić information content (AvgIpc) is 2.50. The standard InChI is InChI=1S/C16H14BrN3O/c1-20(10-12-7-5-11(9-18)6-8-12)16(21)13-3-2-4-14(19)15(13)17/h2-8H,10,19H2,1H3. The number of anilines is 1. The molecule has 4 nitrogen and oxygen atoms in total. The van der Waals surface area contributed by atoms with Crippen molar-refractivity contribution in [3.8, 4) is 6.07 Å². The van der Waals surface area contributed by atoms with Crippen LogP contribution < -0.4 is 5.73 Å². The van der Waals surface area contributed by atoms with Crippen molar-refractivity contribution < 1.29 is 4.79 Å². The fourth-order valence-electron chi connectivity index (χ4n) is 1.95. The molecule has 0 aliphatic heterocycles. The summed E-state index contributed by atoms with van der Waals surface area (Å²) in [6.07, 6.45) is 0. The van der Waals surface area contributed by atoms with Gasteiger partial charge in [0.15, 0.2) is 0 Å². The Balaban J connectivity index is 2.15. The molecule has 2 N–H and O–H groups in total. The molecular formula is C16H14BrN3O. The highest BCUT2D eigenvalue weighted by atomic mass is 79.9. The maximum absolute atomic E-state index is 12.4. The number of nitriles is 1. The lowest BCUT2D eigenvalue weighted by Crippen LogP contribution is -2.26. The number of nitrogens with zero attached hydrogens (tertiary/aromatic N) is 2. The third-order valence-corrected chi connectivity index (χ3v) is 3.99. The predicted molar refractivity (Wildman–Crippen MR) is 85.5 cm³/mol. The molecule has 0 radical (unpaired) electrons. The van der Waals surface area contributed by atoms with Gasteiger partial charge in [-0.3, -0.25) is 4.79 Å². The van der Waals surface area contributed by atoms with E-state index in [0.29, 0.717) is 27.8 Å². The second-order valence-corrected chi connectivity index (χ2v) is 5.47. The number of carbonyl (C=O) groups excluding carboxylic acids is 1. The normalized spacial score (nSPS) is 9.95. The summed E-state index contributed by atoms with van der Waals surface area (Å²) in [5, 5.41) is 8.77. The van der Waals surface area contributed by atoms with E-state index in [-0.39, 0.29) is 5.91 Å². The van der Waals surface area contributed by atoms with Gasteiger partial charge < -0.3 is 10.6 Å². The fraction of sp³-hybridized carbons (Fsp3) is 0.125. The van der Waals surface area contributed by atoms with Crippen molar-refractivity contribution in [2.45, 2.75) is 6.54 Å².